The number of hydrogen-bond donors (Lipinski definition) is 1. The summed E-state index contributed by atoms with van der Waals surface area (Å²) >= 11 is 0. The average molecular weight is 298 g/mol. The molecular weight excluding hydrogens is 284 g/mol. The zero-order chi connectivity index (χ0) is 15.6. The molecule has 23 heavy (non-hydrogen) atoms. The third-order valence-corrected chi connectivity index (χ3v) is 4.00. The van der Waals surface area contributed by atoms with Gasteiger partial charge in [-0.15, -0.1) is 0 Å². The van der Waals surface area contributed by atoms with E-state index in [0.29, 0.717) is 5.69 Å². The molecule has 3 heteroatoms. The molecule has 3 aromatic carbocycles. The van der Waals surface area contributed by atoms with Crippen LogP contribution >= 0.6 is 0 Å². The molecule has 110 valence electrons. The van der Waals surface area contributed by atoms with Gasteiger partial charge in [-0.2, -0.15) is 0 Å². The predicted molar refractivity (Wildman–Crippen MR) is 94.1 cm³/mol. The molecule has 0 aliphatic heterocycles. The summed E-state index contributed by atoms with van der Waals surface area (Å²) in [5.74, 6) is 0. The van der Waals surface area contributed by atoms with Crippen LogP contribution in [-0.2, 0) is 0 Å². The van der Waals surface area contributed by atoms with Crippen molar-refractivity contribution in [3.8, 4) is 11.1 Å². The van der Waals surface area contributed by atoms with Crippen LogP contribution in [0, 0.1) is 0 Å². The summed E-state index contributed by atoms with van der Waals surface area (Å²) in [5.41, 5.74) is 3.74. The highest BCUT2D eigenvalue weighted by Crippen LogP contribution is 2.32. The second kappa shape index (κ2) is 5.54. The largest absolute Gasteiger partial charge is 0.411 e. The lowest BCUT2D eigenvalue weighted by molar-refractivity contribution is 0.321. The van der Waals surface area contributed by atoms with Gasteiger partial charge >= 0.3 is 0 Å². The van der Waals surface area contributed by atoms with Crippen molar-refractivity contribution >= 4 is 27.9 Å². The van der Waals surface area contributed by atoms with Crippen molar-refractivity contribution in [1.82, 2.24) is 4.98 Å². The number of pyridine rings is 1. The molecule has 1 heterocycles. The number of fused-ring (bicyclic) bond motifs is 3. The van der Waals surface area contributed by atoms with E-state index in [2.05, 4.69) is 46.5 Å². The van der Waals surface area contributed by atoms with Crippen molar-refractivity contribution in [1.29, 1.82) is 0 Å². The van der Waals surface area contributed by atoms with Crippen LogP contribution in [0.25, 0.3) is 32.8 Å². The summed E-state index contributed by atoms with van der Waals surface area (Å²) in [6.45, 7) is 0. The molecule has 0 aliphatic rings. The molecule has 0 saturated heterocycles. The Morgan fingerprint density at radius 1 is 0.826 bits per heavy atom. The molecule has 1 aromatic heterocycles. The fourth-order valence-corrected chi connectivity index (χ4v) is 2.96. The molecule has 0 aliphatic carbocycles. The highest BCUT2D eigenvalue weighted by Gasteiger charge is 2.10. The molecule has 0 bridgehead atoms. The van der Waals surface area contributed by atoms with Gasteiger partial charge in [-0.25, -0.2) is 4.98 Å². The van der Waals surface area contributed by atoms with E-state index in [1.807, 2.05) is 36.4 Å². The van der Waals surface area contributed by atoms with Gasteiger partial charge in [0, 0.05) is 10.8 Å². The smallest absolute Gasteiger partial charge is 0.0918 e. The number of nitrogens with zero attached hydrogens (tertiary/aromatic N) is 2. The third kappa shape index (κ3) is 2.32. The molecule has 0 fully saturated rings. The minimum Gasteiger partial charge on any atom is -0.411 e. The summed E-state index contributed by atoms with van der Waals surface area (Å²) in [5, 5.41) is 15.4. The van der Waals surface area contributed by atoms with Gasteiger partial charge in [0.2, 0.25) is 0 Å². The van der Waals surface area contributed by atoms with Gasteiger partial charge in [0.1, 0.15) is 0 Å². The molecule has 3 nitrogen and oxygen atoms in total. The van der Waals surface area contributed by atoms with E-state index in [4.69, 9.17) is 5.21 Å². The van der Waals surface area contributed by atoms with E-state index in [-0.39, 0.29) is 0 Å². The second-order valence-electron chi connectivity index (χ2n) is 5.39. The SMILES string of the molecule is O/N=C/c1cc(-c2ccccc2)c2ccc3ccccc3c2n1. The van der Waals surface area contributed by atoms with Crippen LogP contribution in [-0.4, -0.2) is 16.4 Å². The first-order valence-electron chi connectivity index (χ1n) is 7.42. The fourth-order valence-electron chi connectivity index (χ4n) is 2.96. The maximum absolute atomic E-state index is 8.90. The Morgan fingerprint density at radius 3 is 2.43 bits per heavy atom. The summed E-state index contributed by atoms with van der Waals surface area (Å²) < 4.78 is 0. The van der Waals surface area contributed by atoms with Gasteiger partial charge in [-0.3, -0.25) is 0 Å². The van der Waals surface area contributed by atoms with Crippen molar-refractivity contribution in [3.05, 3.63) is 78.5 Å². The standard InChI is InChI=1S/C20H14N2O/c23-21-13-16-12-19(14-6-2-1-3-7-14)18-11-10-15-8-4-5-9-17(15)20(18)22-16/h1-13,23H/b21-13+. The normalized spacial score (nSPS) is 11.5. The zero-order valence-electron chi connectivity index (χ0n) is 12.3. The topological polar surface area (TPSA) is 45.5 Å². The Morgan fingerprint density at radius 2 is 1.61 bits per heavy atom. The fraction of sp³-hybridized carbons (Fsp3) is 0. The van der Waals surface area contributed by atoms with Gasteiger partial charge in [-0.05, 0) is 22.6 Å². The first kappa shape index (κ1) is 13.5. The number of benzene rings is 3. The van der Waals surface area contributed by atoms with E-state index in [1.54, 1.807) is 0 Å². The van der Waals surface area contributed by atoms with Crippen molar-refractivity contribution in [3.63, 3.8) is 0 Å². The van der Waals surface area contributed by atoms with Gasteiger partial charge < -0.3 is 5.21 Å². The van der Waals surface area contributed by atoms with Crippen LogP contribution in [0.15, 0.2) is 78.0 Å². The molecule has 4 aromatic rings. The first-order valence-corrected chi connectivity index (χ1v) is 7.42. The highest BCUT2D eigenvalue weighted by atomic mass is 16.4. The van der Waals surface area contributed by atoms with Crippen LogP contribution in [0.4, 0.5) is 0 Å². The molecule has 0 spiro atoms. The lowest BCUT2D eigenvalue weighted by atomic mass is 9.97. The van der Waals surface area contributed by atoms with E-state index >= 15 is 0 Å². The second-order valence-corrected chi connectivity index (χ2v) is 5.39. The summed E-state index contributed by atoms with van der Waals surface area (Å²) in [6.07, 6.45) is 1.37. The molecule has 0 unspecified atom stereocenters. The Bertz CT molecular complexity index is 1020. The average Bonchev–Trinajstić information content (AvgIpc) is 2.62. The van der Waals surface area contributed by atoms with Crippen LogP contribution < -0.4 is 0 Å². The Kier molecular flexibility index (Phi) is 3.24. The van der Waals surface area contributed by atoms with E-state index in [1.165, 1.54) is 6.21 Å². The first-order chi connectivity index (χ1) is 11.4. The third-order valence-electron chi connectivity index (χ3n) is 4.00. The molecule has 0 amide bonds. The Labute approximate surface area is 133 Å². The summed E-state index contributed by atoms with van der Waals surface area (Å²) in [6, 6.07) is 24.5. The number of oxime groups is 1. The Hall–Kier alpha value is -3.20. The van der Waals surface area contributed by atoms with E-state index in [0.717, 1.165) is 32.8 Å². The quantitative estimate of drug-likeness (QED) is 0.248. The predicted octanol–water partition coefficient (Wildman–Crippen LogP) is 4.86. The summed E-state index contributed by atoms with van der Waals surface area (Å²) in [4.78, 5) is 4.67. The number of aromatic nitrogens is 1. The van der Waals surface area contributed by atoms with Crippen molar-refractivity contribution in [2.24, 2.45) is 5.16 Å². The maximum atomic E-state index is 8.90. The molecule has 0 radical (unpaired) electrons. The van der Waals surface area contributed by atoms with Crippen LogP contribution in [0.5, 0.6) is 0 Å². The molecule has 0 saturated carbocycles. The minimum atomic E-state index is 0.634. The lowest BCUT2D eigenvalue weighted by Gasteiger charge is -2.10. The van der Waals surface area contributed by atoms with Gasteiger partial charge in [0.15, 0.2) is 0 Å². The van der Waals surface area contributed by atoms with Crippen LogP contribution in [0.3, 0.4) is 0 Å². The van der Waals surface area contributed by atoms with Crippen molar-refractivity contribution in [2.45, 2.75) is 0 Å². The van der Waals surface area contributed by atoms with Crippen molar-refractivity contribution in [2.75, 3.05) is 0 Å². The van der Waals surface area contributed by atoms with Gasteiger partial charge in [-0.1, -0.05) is 71.9 Å². The minimum absolute atomic E-state index is 0.634. The Balaban J connectivity index is 2.14. The maximum Gasteiger partial charge on any atom is 0.0918 e. The van der Waals surface area contributed by atoms with Crippen LogP contribution in [0.1, 0.15) is 5.69 Å². The molecule has 4 rings (SSSR count). The van der Waals surface area contributed by atoms with Crippen LogP contribution in [0.2, 0.25) is 0 Å². The molecule has 0 atom stereocenters. The van der Waals surface area contributed by atoms with Gasteiger partial charge in [0.05, 0.1) is 17.4 Å². The van der Waals surface area contributed by atoms with E-state index < -0.39 is 0 Å². The zero-order valence-corrected chi connectivity index (χ0v) is 12.3. The van der Waals surface area contributed by atoms with E-state index in [9.17, 15) is 0 Å². The summed E-state index contributed by atoms with van der Waals surface area (Å²) in [7, 11) is 0. The molecule has 1 N–H and O–H groups in total. The van der Waals surface area contributed by atoms with Crippen molar-refractivity contribution < 1.29 is 5.21 Å². The monoisotopic (exact) mass is 298 g/mol. The van der Waals surface area contributed by atoms with Gasteiger partial charge in [0.25, 0.3) is 0 Å². The highest BCUT2D eigenvalue weighted by molar-refractivity contribution is 6.10. The number of rotatable bonds is 2. The lowest BCUT2D eigenvalue weighted by Crippen LogP contribution is -1.93. The molecular formula is C20H14N2O. The number of hydrogen-bond acceptors (Lipinski definition) is 3.